The average Bonchev–Trinajstić information content (AvgIpc) is 2.74. The maximum Gasteiger partial charge on any atom is 0.186 e. The zero-order chi connectivity index (χ0) is 13.2. The van der Waals surface area contributed by atoms with Crippen LogP contribution in [0.5, 0.6) is 0 Å². The van der Waals surface area contributed by atoms with Crippen LogP contribution in [-0.4, -0.2) is 15.5 Å². The van der Waals surface area contributed by atoms with Gasteiger partial charge < -0.3 is 0 Å². The average molecular weight is 316 g/mol. The maximum absolute atomic E-state index is 11.1. The first-order chi connectivity index (χ1) is 8.55. The molecule has 94 valence electrons. The lowest BCUT2D eigenvalue weighted by Crippen LogP contribution is -2.11. The van der Waals surface area contributed by atoms with E-state index in [4.69, 9.17) is 11.6 Å². The van der Waals surface area contributed by atoms with Crippen molar-refractivity contribution in [2.45, 2.75) is 15.6 Å². The van der Waals surface area contributed by atoms with Gasteiger partial charge in [-0.2, -0.15) is 5.26 Å². The highest BCUT2D eigenvalue weighted by Crippen LogP contribution is 2.57. The second kappa shape index (κ2) is 5.79. The van der Waals surface area contributed by atoms with E-state index < -0.39 is 4.08 Å². The van der Waals surface area contributed by atoms with Gasteiger partial charge in [0, 0.05) is 17.7 Å². The van der Waals surface area contributed by atoms with Crippen LogP contribution in [0, 0.1) is 11.3 Å². The van der Waals surface area contributed by atoms with E-state index >= 15 is 0 Å². The topological polar surface area (TPSA) is 40.9 Å². The molecule has 0 spiro atoms. The van der Waals surface area contributed by atoms with Crippen molar-refractivity contribution >= 4 is 52.0 Å². The SMILES string of the molecule is CC(=O)SC1CSC(C#N)(c2ccc(Cl)cc2)S1. The fourth-order valence-corrected chi connectivity index (χ4v) is 6.55. The summed E-state index contributed by atoms with van der Waals surface area (Å²) in [6, 6.07) is 9.73. The highest BCUT2D eigenvalue weighted by molar-refractivity contribution is 8.32. The molecule has 0 N–H and O–H groups in total. The van der Waals surface area contributed by atoms with Gasteiger partial charge in [-0.1, -0.05) is 35.5 Å². The molecule has 0 bridgehead atoms. The third kappa shape index (κ3) is 3.00. The summed E-state index contributed by atoms with van der Waals surface area (Å²) in [6.45, 7) is 1.56. The highest BCUT2D eigenvalue weighted by atomic mass is 35.5. The van der Waals surface area contributed by atoms with E-state index in [2.05, 4.69) is 6.07 Å². The van der Waals surface area contributed by atoms with Crippen molar-refractivity contribution in [3.63, 3.8) is 0 Å². The lowest BCUT2D eigenvalue weighted by atomic mass is 10.1. The largest absolute Gasteiger partial charge is 0.288 e. The minimum absolute atomic E-state index is 0.0953. The lowest BCUT2D eigenvalue weighted by Gasteiger charge is -2.19. The molecule has 2 nitrogen and oxygen atoms in total. The van der Waals surface area contributed by atoms with E-state index in [0.717, 1.165) is 11.3 Å². The van der Waals surface area contributed by atoms with Crippen LogP contribution in [0.1, 0.15) is 12.5 Å². The van der Waals surface area contributed by atoms with E-state index in [1.54, 1.807) is 42.6 Å². The number of rotatable bonds is 2. The molecule has 1 aliphatic rings. The molecule has 1 saturated heterocycles. The molecule has 0 saturated carbocycles. The van der Waals surface area contributed by atoms with Crippen LogP contribution >= 0.6 is 46.9 Å². The Morgan fingerprint density at radius 3 is 2.78 bits per heavy atom. The van der Waals surface area contributed by atoms with E-state index in [-0.39, 0.29) is 9.70 Å². The summed E-state index contributed by atoms with van der Waals surface area (Å²) in [5.41, 5.74) is 0.941. The molecular formula is C12H10ClNOS3. The number of nitrogens with zero attached hydrogens (tertiary/aromatic N) is 1. The fourth-order valence-electron chi connectivity index (χ4n) is 1.63. The third-order valence-corrected chi connectivity index (χ3v) is 7.37. The molecule has 0 aliphatic carbocycles. The second-order valence-corrected chi connectivity index (χ2v) is 8.73. The normalized spacial score (nSPS) is 26.8. The number of hydrogen-bond donors (Lipinski definition) is 0. The van der Waals surface area contributed by atoms with Gasteiger partial charge in [0.1, 0.15) is 0 Å². The molecule has 0 aromatic heterocycles. The Morgan fingerprint density at radius 2 is 2.22 bits per heavy atom. The van der Waals surface area contributed by atoms with E-state index in [1.807, 2.05) is 12.1 Å². The zero-order valence-electron chi connectivity index (χ0n) is 9.55. The van der Waals surface area contributed by atoms with Gasteiger partial charge in [-0.15, -0.1) is 23.5 Å². The number of halogens is 1. The minimum atomic E-state index is -0.613. The predicted octanol–water partition coefficient (Wildman–Crippen LogP) is 4.10. The third-order valence-electron chi connectivity index (χ3n) is 2.39. The van der Waals surface area contributed by atoms with Crippen LogP contribution in [0.3, 0.4) is 0 Å². The Kier molecular flexibility index (Phi) is 4.54. The molecule has 1 aromatic rings. The molecular weight excluding hydrogens is 306 g/mol. The van der Waals surface area contributed by atoms with Crippen molar-refractivity contribution in [2.75, 3.05) is 5.75 Å². The molecule has 1 fully saturated rings. The van der Waals surface area contributed by atoms with Crippen molar-refractivity contribution in [3.8, 4) is 6.07 Å². The van der Waals surface area contributed by atoms with Crippen molar-refractivity contribution in [1.29, 1.82) is 5.26 Å². The molecule has 2 atom stereocenters. The molecule has 2 unspecified atom stereocenters. The fraction of sp³-hybridized carbons (Fsp3) is 0.333. The van der Waals surface area contributed by atoms with Gasteiger partial charge in [0.25, 0.3) is 0 Å². The predicted molar refractivity (Wildman–Crippen MR) is 80.9 cm³/mol. The van der Waals surface area contributed by atoms with Crippen LogP contribution < -0.4 is 0 Å². The highest BCUT2D eigenvalue weighted by Gasteiger charge is 2.43. The van der Waals surface area contributed by atoms with Gasteiger partial charge in [0.15, 0.2) is 9.19 Å². The number of nitriles is 1. The van der Waals surface area contributed by atoms with Crippen molar-refractivity contribution < 1.29 is 4.79 Å². The summed E-state index contributed by atoms with van der Waals surface area (Å²) < 4.78 is -0.472. The summed E-state index contributed by atoms with van der Waals surface area (Å²) in [4.78, 5) is 11.1. The molecule has 0 radical (unpaired) electrons. The van der Waals surface area contributed by atoms with Crippen LogP contribution in [0.15, 0.2) is 24.3 Å². The molecule has 6 heteroatoms. The van der Waals surface area contributed by atoms with Crippen molar-refractivity contribution in [2.24, 2.45) is 0 Å². The standard InChI is InChI=1S/C12H10ClNOS3/c1-8(15)17-11-6-16-12(7-14,18-11)9-2-4-10(13)5-3-9/h2-5,11H,6H2,1H3. The van der Waals surface area contributed by atoms with Crippen molar-refractivity contribution in [3.05, 3.63) is 34.9 Å². The van der Waals surface area contributed by atoms with E-state index in [9.17, 15) is 10.1 Å². The Bertz CT molecular complexity index is 499. The van der Waals surface area contributed by atoms with E-state index in [1.165, 1.54) is 11.8 Å². The minimum Gasteiger partial charge on any atom is -0.288 e. The first-order valence-corrected chi connectivity index (χ1v) is 8.34. The van der Waals surface area contributed by atoms with Gasteiger partial charge >= 0.3 is 0 Å². The Labute approximate surface area is 124 Å². The molecule has 0 amide bonds. The van der Waals surface area contributed by atoms with Gasteiger partial charge in [-0.05, 0) is 17.7 Å². The quantitative estimate of drug-likeness (QED) is 0.821. The molecule has 1 heterocycles. The summed E-state index contributed by atoms with van der Waals surface area (Å²) in [5, 5.41) is 10.2. The van der Waals surface area contributed by atoms with Crippen LogP contribution in [0.25, 0.3) is 0 Å². The van der Waals surface area contributed by atoms with E-state index in [0.29, 0.717) is 5.02 Å². The second-order valence-electron chi connectivity index (χ2n) is 3.70. The number of thioether (sulfide) groups is 3. The number of hydrogen-bond acceptors (Lipinski definition) is 5. The van der Waals surface area contributed by atoms with Crippen LogP contribution in [-0.2, 0) is 8.87 Å². The summed E-state index contributed by atoms with van der Waals surface area (Å²) in [7, 11) is 0. The van der Waals surface area contributed by atoms with Crippen LogP contribution in [0.2, 0.25) is 5.02 Å². The van der Waals surface area contributed by atoms with Gasteiger partial charge in [0.2, 0.25) is 0 Å². The lowest BCUT2D eigenvalue weighted by molar-refractivity contribution is -0.109. The van der Waals surface area contributed by atoms with Crippen molar-refractivity contribution in [1.82, 2.24) is 0 Å². The summed E-state index contributed by atoms with van der Waals surface area (Å²) in [5.74, 6) is 0.797. The molecule has 2 rings (SSSR count). The first kappa shape index (κ1) is 14.1. The molecule has 1 aliphatic heterocycles. The monoisotopic (exact) mass is 315 g/mol. The Balaban J connectivity index is 2.21. The Morgan fingerprint density at radius 1 is 1.56 bits per heavy atom. The Hall–Kier alpha value is -0.280. The number of benzene rings is 1. The maximum atomic E-state index is 11.1. The summed E-state index contributed by atoms with van der Waals surface area (Å²) in [6.07, 6.45) is 0. The molecule has 18 heavy (non-hydrogen) atoms. The van der Waals surface area contributed by atoms with Crippen LogP contribution in [0.4, 0.5) is 0 Å². The molecule has 1 aromatic carbocycles. The number of carbonyl (C=O) groups is 1. The first-order valence-electron chi connectivity index (χ1n) is 5.22. The smallest absolute Gasteiger partial charge is 0.186 e. The number of carbonyl (C=O) groups excluding carboxylic acids is 1. The summed E-state index contributed by atoms with van der Waals surface area (Å²) >= 11 is 10.3. The van der Waals surface area contributed by atoms with Gasteiger partial charge in [-0.25, -0.2) is 0 Å². The van der Waals surface area contributed by atoms with Gasteiger partial charge in [0.05, 0.1) is 10.7 Å². The zero-order valence-corrected chi connectivity index (χ0v) is 12.8. The van der Waals surface area contributed by atoms with Gasteiger partial charge in [-0.3, -0.25) is 4.79 Å².